The largest absolute Gasteiger partial charge is 1.00 e. The fourth-order valence-corrected chi connectivity index (χ4v) is 2.32. The monoisotopic (exact) mass is 315 g/mol. The maximum Gasteiger partial charge on any atom is 1.00 e. The van der Waals surface area contributed by atoms with Crippen molar-refractivity contribution in [3.8, 4) is 0 Å². The number of rotatable bonds is 3. The quantitative estimate of drug-likeness (QED) is 0.493. The Labute approximate surface area is 124 Å². The van der Waals surface area contributed by atoms with E-state index >= 15 is 0 Å². The molecule has 8 heteroatoms. The second-order valence-corrected chi connectivity index (χ2v) is 5.20. The van der Waals surface area contributed by atoms with Gasteiger partial charge in [0.05, 0.1) is 0 Å². The molecule has 0 spiro atoms. The summed E-state index contributed by atoms with van der Waals surface area (Å²) in [6, 6.07) is 5.88. The Morgan fingerprint density at radius 3 is 2.38 bits per heavy atom. The van der Waals surface area contributed by atoms with E-state index in [1.807, 2.05) is 0 Å². The van der Waals surface area contributed by atoms with E-state index in [2.05, 4.69) is 15.9 Å². The minimum atomic E-state index is -4.78. The van der Waals surface area contributed by atoms with Crippen molar-refractivity contribution in [2.24, 2.45) is 5.73 Å². The van der Waals surface area contributed by atoms with Crippen molar-refractivity contribution >= 4 is 32.0 Å². The molecule has 0 aliphatic heterocycles. The van der Waals surface area contributed by atoms with E-state index in [0.29, 0.717) is 4.47 Å². The van der Waals surface area contributed by atoms with E-state index in [9.17, 15) is 17.8 Å². The summed E-state index contributed by atoms with van der Waals surface area (Å²) in [6.45, 7) is 0. The van der Waals surface area contributed by atoms with Crippen LogP contribution in [0.5, 0.6) is 0 Å². The number of hydrogen-bond acceptors (Lipinski definition) is 4. The predicted octanol–water partition coefficient (Wildman–Crippen LogP) is -2.48. The van der Waals surface area contributed by atoms with Gasteiger partial charge in [-0.1, -0.05) is 28.1 Å². The summed E-state index contributed by atoms with van der Waals surface area (Å²) in [5.74, 6) is -1.18. The normalized spacial score (nSPS) is 12.6. The van der Waals surface area contributed by atoms with Gasteiger partial charge in [0, 0.05) is 4.47 Å². The number of benzene rings is 1. The second-order valence-electron chi connectivity index (χ2n) is 2.83. The van der Waals surface area contributed by atoms with Crippen molar-refractivity contribution in [1.82, 2.24) is 0 Å². The van der Waals surface area contributed by atoms with Crippen LogP contribution in [0.15, 0.2) is 28.7 Å². The van der Waals surface area contributed by atoms with Crippen molar-refractivity contribution in [3.05, 3.63) is 34.3 Å². The van der Waals surface area contributed by atoms with E-state index in [-0.39, 0.29) is 35.1 Å². The molecular formula is C8H7BrNNaO4S. The summed E-state index contributed by atoms with van der Waals surface area (Å²) in [6.07, 6.45) is 0. The molecule has 0 aliphatic carbocycles. The zero-order chi connectivity index (χ0) is 11.6. The van der Waals surface area contributed by atoms with Gasteiger partial charge in [0.25, 0.3) is 0 Å². The van der Waals surface area contributed by atoms with Gasteiger partial charge in [-0.3, -0.25) is 4.79 Å². The van der Waals surface area contributed by atoms with Gasteiger partial charge >= 0.3 is 29.6 Å². The second kappa shape index (κ2) is 6.13. The third-order valence-corrected chi connectivity index (χ3v) is 3.27. The number of halogens is 1. The molecule has 82 valence electrons. The zero-order valence-corrected chi connectivity index (χ0v) is 12.8. The molecule has 0 fully saturated rings. The third kappa shape index (κ3) is 4.15. The van der Waals surface area contributed by atoms with E-state index in [1.165, 1.54) is 18.2 Å². The molecule has 0 saturated heterocycles. The molecule has 1 aromatic rings. The van der Waals surface area contributed by atoms with Crippen LogP contribution >= 0.6 is 15.9 Å². The van der Waals surface area contributed by atoms with Crippen LogP contribution in [0.1, 0.15) is 10.8 Å². The van der Waals surface area contributed by atoms with Crippen LogP contribution in [-0.4, -0.2) is 18.9 Å². The minimum Gasteiger partial charge on any atom is -0.747 e. The molecule has 1 unspecified atom stereocenters. The van der Waals surface area contributed by atoms with E-state index in [0.717, 1.165) is 0 Å². The van der Waals surface area contributed by atoms with Crippen LogP contribution in [0.3, 0.4) is 0 Å². The fraction of sp³-hybridized carbons (Fsp3) is 0.125. The summed E-state index contributed by atoms with van der Waals surface area (Å²) in [4.78, 5) is 10.9. The molecule has 0 aromatic heterocycles. The molecule has 1 rings (SSSR count). The number of primary amides is 1. The number of carbonyl (C=O) groups is 1. The van der Waals surface area contributed by atoms with Crippen molar-refractivity contribution in [2.45, 2.75) is 5.25 Å². The molecule has 0 heterocycles. The first-order valence-corrected chi connectivity index (χ1v) is 6.08. The average Bonchev–Trinajstić information content (AvgIpc) is 1.99. The van der Waals surface area contributed by atoms with Crippen molar-refractivity contribution in [2.75, 3.05) is 0 Å². The number of carbonyl (C=O) groups excluding carboxylic acids is 1. The van der Waals surface area contributed by atoms with Crippen LogP contribution in [-0.2, 0) is 14.9 Å². The molecule has 0 aliphatic rings. The summed E-state index contributed by atoms with van der Waals surface area (Å²) in [5, 5.41) is -1.84. The Balaban J connectivity index is 0.00000225. The zero-order valence-electron chi connectivity index (χ0n) is 8.38. The van der Waals surface area contributed by atoms with Gasteiger partial charge in [-0.25, -0.2) is 8.42 Å². The third-order valence-electron chi connectivity index (χ3n) is 1.70. The minimum absolute atomic E-state index is 0. The smallest absolute Gasteiger partial charge is 0.747 e. The fourth-order valence-electron chi connectivity index (χ4n) is 1.14. The Morgan fingerprint density at radius 2 is 2.00 bits per heavy atom. The summed E-state index contributed by atoms with van der Waals surface area (Å²) >= 11 is 3.10. The number of hydrogen-bond donors (Lipinski definition) is 1. The predicted molar refractivity (Wildman–Crippen MR) is 55.8 cm³/mol. The van der Waals surface area contributed by atoms with E-state index in [4.69, 9.17) is 5.73 Å². The Morgan fingerprint density at radius 1 is 1.44 bits per heavy atom. The SMILES string of the molecule is NC(=O)C(c1cccc(Br)c1)S(=O)(=O)[O-].[Na+]. The first-order valence-electron chi connectivity index (χ1n) is 3.82. The van der Waals surface area contributed by atoms with Crippen molar-refractivity contribution in [1.29, 1.82) is 0 Å². The molecule has 16 heavy (non-hydrogen) atoms. The molecule has 0 radical (unpaired) electrons. The molecule has 1 amide bonds. The van der Waals surface area contributed by atoms with Crippen molar-refractivity contribution in [3.63, 3.8) is 0 Å². The maximum atomic E-state index is 10.9. The van der Waals surface area contributed by atoms with Gasteiger partial charge < -0.3 is 10.3 Å². The van der Waals surface area contributed by atoms with Crippen LogP contribution in [0.25, 0.3) is 0 Å². The average molecular weight is 316 g/mol. The van der Waals surface area contributed by atoms with Gasteiger partial charge in [-0.15, -0.1) is 0 Å². The summed E-state index contributed by atoms with van der Waals surface area (Å²) in [5.41, 5.74) is 4.93. The Hall–Kier alpha value is 0.0800. The van der Waals surface area contributed by atoms with Crippen molar-refractivity contribution < 1.29 is 47.3 Å². The van der Waals surface area contributed by atoms with Crippen LogP contribution in [0, 0.1) is 0 Å². The van der Waals surface area contributed by atoms with Gasteiger partial charge in [0.2, 0.25) is 5.91 Å². The van der Waals surface area contributed by atoms with E-state index < -0.39 is 21.3 Å². The van der Waals surface area contributed by atoms with E-state index in [1.54, 1.807) is 6.07 Å². The molecule has 0 bridgehead atoms. The van der Waals surface area contributed by atoms with Crippen LogP contribution < -0.4 is 35.3 Å². The first kappa shape index (κ1) is 16.1. The van der Waals surface area contributed by atoms with Crippen LogP contribution in [0.2, 0.25) is 0 Å². The Bertz CT molecular complexity index is 491. The first-order chi connectivity index (χ1) is 6.82. The summed E-state index contributed by atoms with van der Waals surface area (Å²) < 4.78 is 33.0. The molecular weight excluding hydrogens is 309 g/mol. The van der Waals surface area contributed by atoms with Crippen LogP contribution in [0.4, 0.5) is 0 Å². The molecule has 1 atom stereocenters. The maximum absolute atomic E-state index is 10.9. The van der Waals surface area contributed by atoms with Gasteiger partial charge in [-0.2, -0.15) is 0 Å². The number of nitrogens with two attached hydrogens (primary N) is 1. The Kier molecular flexibility index (Phi) is 6.16. The van der Waals surface area contributed by atoms with Gasteiger partial charge in [-0.05, 0) is 17.7 Å². The van der Waals surface area contributed by atoms with Gasteiger partial charge in [0.1, 0.15) is 10.1 Å². The molecule has 2 N–H and O–H groups in total. The molecule has 1 aromatic carbocycles. The number of amides is 1. The topological polar surface area (TPSA) is 100 Å². The molecule has 0 saturated carbocycles. The summed E-state index contributed by atoms with van der Waals surface area (Å²) in [7, 11) is -4.78. The van der Waals surface area contributed by atoms with Gasteiger partial charge in [0.15, 0.2) is 5.25 Å². The molecule has 5 nitrogen and oxygen atoms in total. The standard InChI is InChI=1S/C8H8BrNO4S.Na/c9-6-3-1-2-5(4-6)7(8(10)11)15(12,13)14;/h1-4,7H,(H2,10,11)(H,12,13,14);/q;+1/p-1.